The molecule has 0 saturated carbocycles. The van der Waals surface area contributed by atoms with E-state index < -0.39 is 5.97 Å². The topological polar surface area (TPSA) is 111 Å². The zero-order chi connectivity index (χ0) is 18.7. The van der Waals surface area contributed by atoms with Crippen LogP contribution in [-0.2, 0) is 16.1 Å². The molecule has 9 nitrogen and oxygen atoms in total. The molecule has 0 fully saturated rings. The number of aromatic nitrogens is 4. The van der Waals surface area contributed by atoms with Crippen LogP contribution in [0.3, 0.4) is 0 Å². The van der Waals surface area contributed by atoms with Crippen molar-refractivity contribution in [1.82, 2.24) is 19.8 Å². The van der Waals surface area contributed by atoms with E-state index in [0.717, 1.165) is 11.3 Å². The Hall–Kier alpha value is -2.43. The van der Waals surface area contributed by atoms with Crippen molar-refractivity contribution in [2.24, 2.45) is 5.16 Å². The molecule has 0 aliphatic carbocycles. The molecule has 0 spiro atoms. The summed E-state index contributed by atoms with van der Waals surface area (Å²) in [6.45, 7) is 1.81. The second kappa shape index (κ2) is 7.85. The molecule has 12 heteroatoms. The minimum Gasteiger partial charge on any atom is -0.484 e. The first-order valence-electron chi connectivity index (χ1n) is 7.22. The van der Waals surface area contributed by atoms with E-state index in [1.807, 2.05) is 0 Å². The van der Waals surface area contributed by atoms with Crippen LogP contribution in [0.5, 0.6) is 5.75 Å². The van der Waals surface area contributed by atoms with Gasteiger partial charge in [0.1, 0.15) is 12.4 Å². The Morgan fingerprint density at radius 1 is 1.38 bits per heavy atom. The van der Waals surface area contributed by atoms with Crippen molar-refractivity contribution in [1.29, 1.82) is 0 Å². The highest BCUT2D eigenvalue weighted by molar-refractivity contribution is 7.19. The van der Waals surface area contributed by atoms with Gasteiger partial charge >= 0.3 is 5.97 Å². The summed E-state index contributed by atoms with van der Waals surface area (Å²) in [5.74, 6) is 0.00720. The van der Waals surface area contributed by atoms with Gasteiger partial charge in [-0.3, -0.25) is 0 Å². The van der Waals surface area contributed by atoms with Crippen molar-refractivity contribution < 1.29 is 19.5 Å². The number of carbonyl (C=O) groups excluding carboxylic acids is 1. The van der Waals surface area contributed by atoms with Crippen LogP contribution in [0.1, 0.15) is 17.8 Å². The van der Waals surface area contributed by atoms with E-state index in [9.17, 15) is 4.79 Å². The molecule has 0 amide bonds. The lowest BCUT2D eigenvalue weighted by Crippen LogP contribution is -2.19. The van der Waals surface area contributed by atoms with Gasteiger partial charge in [0, 0.05) is 5.02 Å². The lowest BCUT2D eigenvalue weighted by Gasteiger charge is -2.06. The lowest BCUT2D eigenvalue weighted by molar-refractivity contribution is -0.135. The summed E-state index contributed by atoms with van der Waals surface area (Å²) in [7, 11) is 0. The third-order valence-corrected chi connectivity index (χ3v) is 4.51. The largest absolute Gasteiger partial charge is 0.484 e. The summed E-state index contributed by atoms with van der Waals surface area (Å²) in [5.41, 5.74) is -0.310. The number of oxime groups is 1. The number of carbonyl (C=O) groups is 1. The number of hydrogen-bond donors (Lipinski definition) is 1. The van der Waals surface area contributed by atoms with E-state index >= 15 is 0 Å². The number of rotatable bonds is 6. The Bertz CT molecular complexity index is 987. The molecule has 0 aliphatic rings. The Labute approximate surface area is 160 Å². The van der Waals surface area contributed by atoms with E-state index in [-0.39, 0.29) is 23.9 Å². The number of ether oxygens (including phenoxy) is 2. The Balaban J connectivity index is 1.82. The molecule has 3 rings (SSSR count). The molecular weight excluding hydrogens is 405 g/mol. The molecule has 0 unspecified atom stereocenters. The van der Waals surface area contributed by atoms with Crippen molar-refractivity contribution in [3.8, 4) is 5.75 Å². The van der Waals surface area contributed by atoms with Crippen LogP contribution in [0.25, 0.3) is 4.96 Å². The summed E-state index contributed by atoms with van der Waals surface area (Å²) in [6, 6.07) is 4.83. The van der Waals surface area contributed by atoms with Gasteiger partial charge in [-0.05, 0) is 25.1 Å². The van der Waals surface area contributed by atoms with Gasteiger partial charge in [0.25, 0.3) is 0 Å². The first-order chi connectivity index (χ1) is 12.5. The van der Waals surface area contributed by atoms with Crippen LogP contribution in [0.4, 0.5) is 0 Å². The summed E-state index contributed by atoms with van der Waals surface area (Å²) < 4.78 is 11.8. The van der Waals surface area contributed by atoms with Crippen LogP contribution in [0, 0.1) is 0 Å². The van der Waals surface area contributed by atoms with Gasteiger partial charge in [-0.15, -0.1) is 10.2 Å². The number of nitrogens with zero attached hydrogens (tertiary/aromatic N) is 5. The zero-order valence-electron chi connectivity index (χ0n) is 13.2. The molecule has 136 valence electrons. The molecule has 26 heavy (non-hydrogen) atoms. The summed E-state index contributed by atoms with van der Waals surface area (Å²) in [4.78, 5) is 12.2. The highest BCUT2D eigenvalue weighted by Crippen LogP contribution is 2.28. The maximum atomic E-state index is 11.8. The van der Waals surface area contributed by atoms with E-state index in [1.54, 1.807) is 25.1 Å². The highest BCUT2D eigenvalue weighted by Gasteiger charge is 2.23. The fraction of sp³-hybridized carbons (Fsp3) is 0.214. The summed E-state index contributed by atoms with van der Waals surface area (Å²) in [6.07, 6.45) is 0. The maximum Gasteiger partial charge on any atom is 0.363 e. The van der Waals surface area contributed by atoms with E-state index in [4.69, 9.17) is 37.9 Å². The molecule has 0 aliphatic heterocycles. The van der Waals surface area contributed by atoms with Crippen molar-refractivity contribution in [2.75, 3.05) is 6.61 Å². The molecule has 2 aromatic heterocycles. The number of esters is 1. The smallest absolute Gasteiger partial charge is 0.363 e. The SMILES string of the molecule is CCOC(=O)/C(=N/O)c1nn2c(COc3ccc(Cl)cc3Cl)nnc2s1. The number of halogens is 2. The van der Waals surface area contributed by atoms with Crippen LogP contribution in [0.2, 0.25) is 10.0 Å². The molecule has 1 N–H and O–H groups in total. The Morgan fingerprint density at radius 2 is 2.19 bits per heavy atom. The molecule has 1 aromatic carbocycles. The van der Waals surface area contributed by atoms with Gasteiger partial charge < -0.3 is 14.7 Å². The summed E-state index contributed by atoms with van der Waals surface area (Å²) >= 11 is 12.9. The Kier molecular flexibility index (Phi) is 5.55. The zero-order valence-corrected chi connectivity index (χ0v) is 15.5. The van der Waals surface area contributed by atoms with Crippen LogP contribution in [0.15, 0.2) is 23.4 Å². The molecular formula is C14H11Cl2N5O4S. The van der Waals surface area contributed by atoms with E-state index in [2.05, 4.69) is 20.5 Å². The van der Waals surface area contributed by atoms with Gasteiger partial charge in [-0.2, -0.15) is 9.61 Å². The molecule has 0 radical (unpaired) electrons. The van der Waals surface area contributed by atoms with Crippen LogP contribution >= 0.6 is 34.5 Å². The van der Waals surface area contributed by atoms with Gasteiger partial charge in [0.05, 0.1) is 11.6 Å². The first-order valence-corrected chi connectivity index (χ1v) is 8.79. The van der Waals surface area contributed by atoms with Gasteiger partial charge in [0.2, 0.25) is 10.7 Å². The predicted octanol–water partition coefficient (Wildman–Crippen LogP) is 2.81. The summed E-state index contributed by atoms with van der Waals surface area (Å²) in [5, 5.41) is 25.1. The quantitative estimate of drug-likeness (QED) is 0.285. The number of fused-ring (bicyclic) bond motifs is 1. The van der Waals surface area contributed by atoms with Crippen LogP contribution < -0.4 is 4.74 Å². The Morgan fingerprint density at radius 3 is 2.88 bits per heavy atom. The van der Waals surface area contributed by atoms with Crippen LogP contribution in [-0.4, -0.2) is 43.3 Å². The number of benzene rings is 1. The van der Waals surface area contributed by atoms with Crippen molar-refractivity contribution >= 4 is 51.2 Å². The van der Waals surface area contributed by atoms with E-state index in [0.29, 0.717) is 26.6 Å². The fourth-order valence-corrected chi connectivity index (χ4v) is 3.24. The third-order valence-electron chi connectivity index (χ3n) is 3.08. The van der Waals surface area contributed by atoms with E-state index in [1.165, 1.54) is 4.52 Å². The minimum atomic E-state index is -0.786. The predicted molar refractivity (Wildman–Crippen MR) is 94.4 cm³/mol. The standard InChI is InChI=1S/C14H11Cl2N5O4S/c1-2-24-13(22)11(20-23)12-19-21-10(17-18-14(21)26-12)6-25-9-4-3-7(15)5-8(9)16/h3-5,23H,2,6H2,1H3/b20-11+. The average molecular weight is 416 g/mol. The number of hydrogen-bond acceptors (Lipinski definition) is 9. The first kappa shape index (κ1) is 18.4. The third kappa shape index (κ3) is 3.71. The minimum absolute atomic E-state index is 0.0245. The molecule has 0 bridgehead atoms. The molecule has 0 saturated heterocycles. The second-order valence-corrected chi connectivity index (χ2v) is 6.55. The van der Waals surface area contributed by atoms with Gasteiger partial charge in [0.15, 0.2) is 10.8 Å². The van der Waals surface area contributed by atoms with Gasteiger partial charge in [-0.25, -0.2) is 4.79 Å². The highest BCUT2D eigenvalue weighted by atomic mass is 35.5. The maximum absolute atomic E-state index is 11.8. The normalized spacial score (nSPS) is 11.7. The fourth-order valence-electron chi connectivity index (χ4n) is 1.95. The monoisotopic (exact) mass is 415 g/mol. The molecule has 0 atom stereocenters. The van der Waals surface area contributed by atoms with Crippen molar-refractivity contribution in [3.05, 3.63) is 39.1 Å². The molecule has 3 aromatic rings. The van der Waals surface area contributed by atoms with Gasteiger partial charge in [-0.1, -0.05) is 39.7 Å². The van der Waals surface area contributed by atoms with Crippen molar-refractivity contribution in [3.63, 3.8) is 0 Å². The lowest BCUT2D eigenvalue weighted by atomic mass is 10.3. The molecule has 2 heterocycles. The van der Waals surface area contributed by atoms with Crippen molar-refractivity contribution in [2.45, 2.75) is 13.5 Å². The second-order valence-electron chi connectivity index (χ2n) is 4.75. The average Bonchev–Trinajstić information content (AvgIpc) is 3.16.